The average molecular weight is 357 g/mol. The van der Waals surface area contributed by atoms with Gasteiger partial charge >= 0.3 is 0 Å². The molecule has 0 spiro atoms. The molecule has 0 radical (unpaired) electrons. The van der Waals surface area contributed by atoms with E-state index in [2.05, 4.69) is 22.6 Å². The van der Waals surface area contributed by atoms with E-state index in [4.69, 9.17) is 10.5 Å². The maximum absolute atomic E-state index is 13.7. The van der Waals surface area contributed by atoms with Gasteiger partial charge < -0.3 is 10.5 Å². The quantitative estimate of drug-likeness (QED) is 0.850. The van der Waals surface area contributed by atoms with Gasteiger partial charge in [-0.15, -0.1) is 0 Å². The summed E-state index contributed by atoms with van der Waals surface area (Å²) in [6.07, 6.45) is -0.466. The van der Waals surface area contributed by atoms with Crippen LogP contribution in [-0.2, 0) is 0 Å². The molecule has 0 aliphatic carbocycles. The highest BCUT2D eigenvalue weighted by molar-refractivity contribution is 14.1. The normalized spacial score (nSPS) is 12.2. The first-order chi connectivity index (χ1) is 8.70. The van der Waals surface area contributed by atoms with Gasteiger partial charge in [-0.2, -0.15) is 0 Å². The zero-order valence-electron chi connectivity index (χ0n) is 9.64. The molecule has 2 rings (SSSR count). The Bertz CT molecular complexity index is 515. The Kier molecular flexibility index (Phi) is 4.54. The van der Waals surface area contributed by atoms with Crippen LogP contribution in [-0.4, -0.2) is 6.54 Å². The molecule has 0 fully saturated rings. The molecule has 2 N–H and O–H groups in total. The van der Waals surface area contributed by atoms with Crippen molar-refractivity contribution in [3.05, 3.63) is 63.5 Å². The summed E-state index contributed by atoms with van der Waals surface area (Å²) in [6, 6.07) is 14.1. The van der Waals surface area contributed by atoms with Crippen LogP contribution in [0.4, 0.5) is 4.39 Å². The summed E-state index contributed by atoms with van der Waals surface area (Å²) in [5.41, 5.74) is 6.14. The second-order valence-corrected chi connectivity index (χ2v) is 5.06. The lowest BCUT2D eigenvalue weighted by atomic mass is 10.1. The Morgan fingerprint density at radius 2 is 1.78 bits per heavy atom. The molecule has 0 aromatic heterocycles. The van der Waals surface area contributed by atoms with E-state index in [1.54, 1.807) is 18.2 Å². The maximum atomic E-state index is 13.7. The topological polar surface area (TPSA) is 35.2 Å². The zero-order valence-corrected chi connectivity index (χ0v) is 11.8. The van der Waals surface area contributed by atoms with Gasteiger partial charge in [0.2, 0.25) is 0 Å². The Morgan fingerprint density at radius 3 is 2.39 bits per heavy atom. The molecule has 0 amide bonds. The molecule has 2 aromatic rings. The Balaban J connectivity index is 2.20. The number of ether oxygens (including phenoxy) is 1. The van der Waals surface area contributed by atoms with Gasteiger partial charge in [0.05, 0.1) is 0 Å². The molecule has 0 saturated carbocycles. The van der Waals surface area contributed by atoms with E-state index in [1.807, 2.05) is 24.3 Å². The van der Waals surface area contributed by atoms with Gasteiger partial charge in [-0.1, -0.05) is 18.2 Å². The van der Waals surface area contributed by atoms with Gasteiger partial charge in [0.25, 0.3) is 0 Å². The van der Waals surface area contributed by atoms with Crippen LogP contribution in [0.15, 0.2) is 48.5 Å². The number of halogens is 2. The molecule has 0 heterocycles. The highest BCUT2D eigenvalue weighted by atomic mass is 127. The minimum Gasteiger partial charge on any atom is -0.484 e. The van der Waals surface area contributed by atoms with Crippen LogP contribution >= 0.6 is 22.6 Å². The summed E-state index contributed by atoms with van der Waals surface area (Å²) in [5, 5.41) is 0. The first kappa shape index (κ1) is 13.3. The highest BCUT2D eigenvalue weighted by Crippen LogP contribution is 2.23. The lowest BCUT2D eigenvalue weighted by Gasteiger charge is -2.18. The van der Waals surface area contributed by atoms with Crippen LogP contribution in [0.2, 0.25) is 0 Å². The van der Waals surface area contributed by atoms with Gasteiger partial charge in [-0.3, -0.25) is 0 Å². The molecule has 0 aliphatic heterocycles. The summed E-state index contributed by atoms with van der Waals surface area (Å²) in [7, 11) is 0. The van der Waals surface area contributed by atoms with E-state index in [-0.39, 0.29) is 12.4 Å². The van der Waals surface area contributed by atoms with Crippen molar-refractivity contribution < 1.29 is 9.13 Å². The average Bonchev–Trinajstić information content (AvgIpc) is 2.39. The van der Waals surface area contributed by atoms with Crippen LogP contribution in [0.1, 0.15) is 11.7 Å². The molecule has 1 unspecified atom stereocenters. The van der Waals surface area contributed by atoms with Gasteiger partial charge in [0.1, 0.15) is 17.7 Å². The predicted molar refractivity (Wildman–Crippen MR) is 78.0 cm³/mol. The van der Waals surface area contributed by atoms with E-state index in [9.17, 15) is 4.39 Å². The molecule has 18 heavy (non-hydrogen) atoms. The van der Waals surface area contributed by atoms with Crippen LogP contribution in [0, 0.1) is 9.39 Å². The summed E-state index contributed by atoms with van der Waals surface area (Å²) in [6.45, 7) is 0.229. The van der Waals surface area contributed by atoms with Gasteiger partial charge in [0, 0.05) is 15.7 Å². The third kappa shape index (κ3) is 3.20. The van der Waals surface area contributed by atoms with E-state index >= 15 is 0 Å². The summed E-state index contributed by atoms with van der Waals surface area (Å²) < 4.78 is 20.5. The fourth-order valence-corrected chi connectivity index (χ4v) is 2.01. The van der Waals surface area contributed by atoms with Crippen LogP contribution in [0.3, 0.4) is 0 Å². The molecule has 94 valence electrons. The fourth-order valence-electron chi connectivity index (χ4n) is 1.65. The van der Waals surface area contributed by atoms with Crippen molar-refractivity contribution in [2.24, 2.45) is 5.73 Å². The van der Waals surface area contributed by atoms with Crippen molar-refractivity contribution in [1.82, 2.24) is 0 Å². The van der Waals surface area contributed by atoms with Crippen molar-refractivity contribution in [2.45, 2.75) is 6.10 Å². The number of hydrogen-bond acceptors (Lipinski definition) is 2. The number of nitrogens with two attached hydrogens (primary N) is 1. The second kappa shape index (κ2) is 6.15. The number of rotatable bonds is 4. The fraction of sp³-hybridized carbons (Fsp3) is 0.143. The van der Waals surface area contributed by atoms with E-state index in [1.165, 1.54) is 6.07 Å². The first-order valence-corrected chi connectivity index (χ1v) is 6.65. The Hall–Kier alpha value is -1.14. The Morgan fingerprint density at radius 1 is 1.11 bits per heavy atom. The second-order valence-electron chi connectivity index (χ2n) is 3.82. The van der Waals surface area contributed by atoms with Gasteiger partial charge in [-0.25, -0.2) is 4.39 Å². The smallest absolute Gasteiger partial charge is 0.139 e. The number of hydrogen-bond donors (Lipinski definition) is 1. The minimum absolute atomic E-state index is 0.229. The SMILES string of the molecule is NCC(Oc1ccc(I)cc1)c1ccccc1F. The predicted octanol–water partition coefficient (Wildman–Crippen LogP) is 3.51. The van der Waals surface area contributed by atoms with Crippen molar-refractivity contribution in [3.63, 3.8) is 0 Å². The third-order valence-electron chi connectivity index (χ3n) is 2.56. The molecular formula is C14H13FINO. The van der Waals surface area contributed by atoms with Crippen LogP contribution < -0.4 is 10.5 Å². The maximum Gasteiger partial charge on any atom is 0.139 e. The van der Waals surface area contributed by atoms with Crippen LogP contribution in [0.25, 0.3) is 0 Å². The van der Waals surface area contributed by atoms with Gasteiger partial charge in [-0.05, 0) is 52.9 Å². The van der Waals surface area contributed by atoms with E-state index < -0.39 is 6.10 Å². The van der Waals surface area contributed by atoms with Crippen LogP contribution in [0.5, 0.6) is 5.75 Å². The lowest BCUT2D eigenvalue weighted by Crippen LogP contribution is -2.19. The van der Waals surface area contributed by atoms with Crippen molar-refractivity contribution in [2.75, 3.05) is 6.54 Å². The Labute approximate surface area is 119 Å². The monoisotopic (exact) mass is 357 g/mol. The van der Waals surface area contributed by atoms with Crippen molar-refractivity contribution in [3.8, 4) is 5.75 Å². The standard InChI is InChI=1S/C14H13FINO/c15-13-4-2-1-3-12(13)14(9-17)18-11-7-5-10(16)6-8-11/h1-8,14H,9,17H2. The molecule has 4 heteroatoms. The van der Waals surface area contributed by atoms with Crippen molar-refractivity contribution in [1.29, 1.82) is 0 Å². The van der Waals surface area contributed by atoms with Crippen molar-refractivity contribution >= 4 is 22.6 Å². The molecular weight excluding hydrogens is 344 g/mol. The first-order valence-electron chi connectivity index (χ1n) is 5.57. The molecule has 2 nitrogen and oxygen atoms in total. The highest BCUT2D eigenvalue weighted by Gasteiger charge is 2.15. The summed E-state index contributed by atoms with van der Waals surface area (Å²) in [5.74, 6) is 0.396. The van der Waals surface area contributed by atoms with Gasteiger partial charge in [0.15, 0.2) is 0 Å². The molecule has 0 saturated heterocycles. The summed E-state index contributed by atoms with van der Waals surface area (Å²) in [4.78, 5) is 0. The van der Waals surface area contributed by atoms with E-state index in [0.717, 1.165) is 3.57 Å². The molecule has 1 atom stereocenters. The molecule has 0 aliphatic rings. The van der Waals surface area contributed by atoms with E-state index in [0.29, 0.717) is 11.3 Å². The lowest BCUT2D eigenvalue weighted by molar-refractivity contribution is 0.209. The molecule has 0 bridgehead atoms. The minimum atomic E-state index is -0.466. The largest absolute Gasteiger partial charge is 0.484 e. The zero-order chi connectivity index (χ0) is 13.0. The third-order valence-corrected chi connectivity index (χ3v) is 3.28. The summed E-state index contributed by atoms with van der Waals surface area (Å²) >= 11 is 2.22. The molecule has 2 aromatic carbocycles. The number of benzene rings is 2.